The predicted molar refractivity (Wildman–Crippen MR) is 105 cm³/mol. The van der Waals surface area contributed by atoms with Crippen LogP contribution in [0.4, 0.5) is 0 Å². The van der Waals surface area contributed by atoms with Gasteiger partial charge in [-0.3, -0.25) is 9.59 Å². The highest BCUT2D eigenvalue weighted by Crippen LogP contribution is 2.71. The molecule has 2 unspecified atom stereocenters. The van der Waals surface area contributed by atoms with Gasteiger partial charge in [0.1, 0.15) is 5.60 Å². The molecule has 8 atom stereocenters. The summed E-state index contributed by atoms with van der Waals surface area (Å²) in [5, 5.41) is 9.33. The molecule has 28 heavy (non-hydrogen) atoms. The van der Waals surface area contributed by atoms with Crippen LogP contribution in [-0.4, -0.2) is 35.5 Å². The summed E-state index contributed by atoms with van der Waals surface area (Å²) in [6.07, 6.45) is 11.3. The topological polar surface area (TPSA) is 63.6 Å². The Hall–Kier alpha value is -1.26. The second kappa shape index (κ2) is 5.89. The Morgan fingerprint density at radius 2 is 1.96 bits per heavy atom. The summed E-state index contributed by atoms with van der Waals surface area (Å²) in [6.45, 7) is 6.49. The number of ketones is 2. The van der Waals surface area contributed by atoms with E-state index in [1.807, 2.05) is 6.08 Å². The number of aliphatic hydroxyl groups excluding tert-OH is 1. The molecule has 5 aliphatic rings. The van der Waals surface area contributed by atoms with E-state index in [0.717, 1.165) is 32.1 Å². The van der Waals surface area contributed by atoms with Gasteiger partial charge >= 0.3 is 0 Å². The molecule has 4 nitrogen and oxygen atoms in total. The number of Topliss-reactive ketones (excluding diaryl/α,β-unsaturated/α-hetero) is 1. The Kier molecular flexibility index (Phi) is 3.94. The average molecular weight is 385 g/mol. The third-order valence-electron chi connectivity index (χ3n) is 9.57. The third kappa shape index (κ3) is 2.09. The van der Waals surface area contributed by atoms with Crippen LogP contribution >= 0.6 is 0 Å². The maximum Gasteiger partial charge on any atom is 0.162 e. The molecule has 0 aromatic rings. The molecule has 3 saturated carbocycles. The minimum atomic E-state index is -0.763. The summed E-state index contributed by atoms with van der Waals surface area (Å²) in [5.74, 6) is 2.60. The van der Waals surface area contributed by atoms with E-state index in [9.17, 15) is 14.7 Å². The van der Waals surface area contributed by atoms with Crippen molar-refractivity contribution >= 4 is 11.6 Å². The predicted octanol–water partition coefficient (Wildman–Crippen LogP) is 3.49. The summed E-state index contributed by atoms with van der Waals surface area (Å²) in [4.78, 5) is 25.1. The van der Waals surface area contributed by atoms with Crippen LogP contribution < -0.4 is 0 Å². The highest BCUT2D eigenvalue weighted by Gasteiger charge is 2.69. The fourth-order valence-electron chi connectivity index (χ4n) is 8.03. The highest BCUT2D eigenvalue weighted by molar-refractivity contribution is 5.97. The van der Waals surface area contributed by atoms with Crippen molar-refractivity contribution in [3.05, 3.63) is 23.8 Å². The Labute approximate surface area is 167 Å². The van der Waals surface area contributed by atoms with Crippen molar-refractivity contribution in [2.45, 2.75) is 58.5 Å². The van der Waals surface area contributed by atoms with Crippen LogP contribution in [0.25, 0.3) is 0 Å². The van der Waals surface area contributed by atoms with Crippen LogP contribution in [0.1, 0.15) is 52.9 Å². The van der Waals surface area contributed by atoms with Gasteiger partial charge in [0.25, 0.3) is 0 Å². The SMILES string of the molecule is CC(=O)[C@@]1(OCCO)CC[C@H]2[C@@H]3C=CC4=CC(=O)C5CC5[C@@]4(C)[C@@H]3CC[C@@]21C. The molecule has 0 aromatic carbocycles. The number of carbonyl (C=O) groups is 2. The van der Waals surface area contributed by atoms with Crippen molar-refractivity contribution in [2.24, 2.45) is 40.4 Å². The van der Waals surface area contributed by atoms with Crippen LogP contribution in [0, 0.1) is 40.4 Å². The lowest BCUT2D eigenvalue weighted by Gasteiger charge is -2.57. The normalized spacial score (nSPS) is 50.9. The van der Waals surface area contributed by atoms with Gasteiger partial charge in [-0.05, 0) is 79.8 Å². The van der Waals surface area contributed by atoms with E-state index < -0.39 is 5.60 Å². The Bertz CT molecular complexity index is 796. The molecule has 3 fully saturated rings. The van der Waals surface area contributed by atoms with Gasteiger partial charge < -0.3 is 9.84 Å². The lowest BCUT2D eigenvalue weighted by Crippen LogP contribution is -2.58. The van der Waals surface area contributed by atoms with Crippen molar-refractivity contribution in [1.29, 1.82) is 0 Å². The number of carbonyl (C=O) groups excluding carboxylic acids is 2. The number of allylic oxidation sites excluding steroid dienone is 4. The van der Waals surface area contributed by atoms with Gasteiger partial charge in [-0.15, -0.1) is 0 Å². The first-order chi connectivity index (χ1) is 13.3. The van der Waals surface area contributed by atoms with Gasteiger partial charge in [0.05, 0.1) is 13.2 Å². The molecule has 0 heterocycles. The number of fused-ring (bicyclic) bond motifs is 7. The molecule has 0 amide bonds. The fourth-order valence-corrected chi connectivity index (χ4v) is 8.03. The van der Waals surface area contributed by atoms with Crippen LogP contribution in [0.3, 0.4) is 0 Å². The van der Waals surface area contributed by atoms with Gasteiger partial charge in [-0.1, -0.05) is 26.0 Å². The molecule has 0 bridgehead atoms. The number of hydrogen-bond donors (Lipinski definition) is 1. The molecule has 0 aromatic heterocycles. The van der Waals surface area contributed by atoms with Crippen LogP contribution in [0.15, 0.2) is 23.8 Å². The summed E-state index contributed by atoms with van der Waals surface area (Å²) in [6, 6.07) is 0. The molecule has 1 N–H and O–H groups in total. The molecule has 4 heteroatoms. The van der Waals surface area contributed by atoms with Gasteiger partial charge in [-0.25, -0.2) is 0 Å². The van der Waals surface area contributed by atoms with Crippen molar-refractivity contribution in [3.8, 4) is 0 Å². The maximum absolute atomic E-state index is 12.8. The van der Waals surface area contributed by atoms with Crippen molar-refractivity contribution < 1.29 is 19.4 Å². The van der Waals surface area contributed by atoms with Gasteiger partial charge in [0, 0.05) is 11.3 Å². The molecular formula is C24H32O4. The summed E-state index contributed by atoms with van der Waals surface area (Å²) < 4.78 is 6.15. The minimum absolute atomic E-state index is 0.0505. The largest absolute Gasteiger partial charge is 0.394 e. The highest BCUT2D eigenvalue weighted by atomic mass is 16.5. The Morgan fingerprint density at radius 1 is 1.21 bits per heavy atom. The zero-order valence-electron chi connectivity index (χ0n) is 17.2. The zero-order chi connectivity index (χ0) is 19.9. The monoisotopic (exact) mass is 384 g/mol. The number of hydrogen-bond acceptors (Lipinski definition) is 4. The number of ether oxygens (including phenoxy) is 1. The molecule has 0 saturated heterocycles. The smallest absolute Gasteiger partial charge is 0.162 e. The van der Waals surface area contributed by atoms with Crippen LogP contribution in [0.5, 0.6) is 0 Å². The number of aliphatic hydroxyl groups is 1. The van der Waals surface area contributed by atoms with E-state index in [4.69, 9.17) is 4.74 Å². The molecule has 0 spiro atoms. The second-order valence-corrected chi connectivity index (χ2v) is 10.3. The standard InChI is InChI=1S/C24H32O4/c1-14(26)24(28-11-10-25)9-7-18-16-5-4-15-12-21(27)17-13-20(17)23(15,3)19(16)6-8-22(18,24)2/h4-5,12,16-20,25H,6-11,13H2,1-3H3/t16-,17?,18-,19+,20?,22-,23+,24-/m0/s1. The van der Waals surface area contributed by atoms with E-state index in [0.29, 0.717) is 29.5 Å². The quantitative estimate of drug-likeness (QED) is 0.806. The molecular weight excluding hydrogens is 352 g/mol. The Morgan fingerprint density at radius 3 is 2.68 bits per heavy atom. The van der Waals surface area contributed by atoms with Crippen LogP contribution in [-0.2, 0) is 14.3 Å². The third-order valence-corrected chi connectivity index (χ3v) is 9.57. The van der Waals surface area contributed by atoms with E-state index in [1.165, 1.54) is 5.57 Å². The molecule has 0 aliphatic heterocycles. The first-order valence-electron chi connectivity index (χ1n) is 11.0. The average Bonchev–Trinajstić information content (AvgIpc) is 3.41. The summed E-state index contributed by atoms with van der Waals surface area (Å²) in [7, 11) is 0. The number of rotatable bonds is 4. The molecule has 5 aliphatic carbocycles. The lowest BCUT2D eigenvalue weighted by atomic mass is 9.47. The summed E-state index contributed by atoms with van der Waals surface area (Å²) >= 11 is 0. The van der Waals surface area contributed by atoms with Crippen molar-refractivity contribution in [3.63, 3.8) is 0 Å². The minimum Gasteiger partial charge on any atom is -0.394 e. The fraction of sp³-hybridized carbons (Fsp3) is 0.750. The lowest BCUT2D eigenvalue weighted by molar-refractivity contribution is -0.174. The van der Waals surface area contributed by atoms with E-state index in [2.05, 4.69) is 26.0 Å². The van der Waals surface area contributed by atoms with Crippen LogP contribution in [0.2, 0.25) is 0 Å². The first kappa shape index (κ1) is 18.7. The maximum atomic E-state index is 12.8. The summed E-state index contributed by atoms with van der Waals surface area (Å²) in [5.41, 5.74) is 0.395. The zero-order valence-corrected chi connectivity index (χ0v) is 17.2. The van der Waals surface area contributed by atoms with E-state index >= 15 is 0 Å². The van der Waals surface area contributed by atoms with Gasteiger partial charge in [-0.2, -0.15) is 0 Å². The van der Waals surface area contributed by atoms with E-state index in [1.54, 1.807) is 6.92 Å². The molecule has 5 rings (SSSR count). The van der Waals surface area contributed by atoms with Crippen molar-refractivity contribution in [2.75, 3.05) is 13.2 Å². The van der Waals surface area contributed by atoms with E-state index in [-0.39, 0.29) is 35.7 Å². The van der Waals surface area contributed by atoms with Gasteiger partial charge in [0.2, 0.25) is 0 Å². The first-order valence-corrected chi connectivity index (χ1v) is 11.0. The molecule has 0 radical (unpaired) electrons. The van der Waals surface area contributed by atoms with Gasteiger partial charge in [0.15, 0.2) is 11.6 Å². The van der Waals surface area contributed by atoms with Crippen molar-refractivity contribution in [1.82, 2.24) is 0 Å². The molecule has 152 valence electrons. The second-order valence-electron chi connectivity index (χ2n) is 10.3. The Balaban J connectivity index is 1.53.